The summed E-state index contributed by atoms with van der Waals surface area (Å²) in [6.07, 6.45) is 1.60. The zero-order chi connectivity index (χ0) is 18.0. The van der Waals surface area contributed by atoms with E-state index in [1.165, 1.54) is 5.56 Å². The number of aromatic nitrogens is 1. The maximum absolute atomic E-state index is 12.4. The van der Waals surface area contributed by atoms with Gasteiger partial charge in [0.2, 0.25) is 0 Å². The summed E-state index contributed by atoms with van der Waals surface area (Å²) in [5.74, 6) is -0.369. The molecule has 1 heterocycles. The minimum absolute atomic E-state index is 0.327. The van der Waals surface area contributed by atoms with Gasteiger partial charge in [0.1, 0.15) is 5.56 Å². The molecule has 3 rings (SSSR count). The van der Waals surface area contributed by atoms with Crippen LogP contribution >= 0.6 is 0 Å². The number of ether oxygens (including phenoxy) is 1. The molecule has 128 valence electrons. The van der Waals surface area contributed by atoms with Crippen molar-refractivity contribution in [1.29, 1.82) is 0 Å². The highest BCUT2D eigenvalue weighted by atomic mass is 16.5. The fourth-order valence-corrected chi connectivity index (χ4v) is 2.89. The first kappa shape index (κ1) is 17.0. The van der Waals surface area contributed by atoms with Crippen LogP contribution in [0.25, 0.3) is 10.9 Å². The Morgan fingerprint density at radius 1 is 1.08 bits per heavy atom. The van der Waals surface area contributed by atoms with Crippen LogP contribution in [-0.2, 0) is 4.74 Å². The first-order valence-electron chi connectivity index (χ1n) is 8.41. The van der Waals surface area contributed by atoms with E-state index in [0.29, 0.717) is 12.2 Å². The molecule has 3 aromatic rings. The Balaban J connectivity index is 2.22. The molecular weight excluding hydrogens is 312 g/mol. The lowest BCUT2D eigenvalue weighted by molar-refractivity contribution is 0.0527. The van der Waals surface area contributed by atoms with Crippen molar-refractivity contribution in [2.45, 2.75) is 27.7 Å². The van der Waals surface area contributed by atoms with E-state index in [4.69, 9.17) is 4.74 Å². The summed E-state index contributed by atoms with van der Waals surface area (Å²) < 4.78 is 5.22. The van der Waals surface area contributed by atoms with Crippen molar-refractivity contribution in [3.63, 3.8) is 0 Å². The minimum atomic E-state index is -0.369. The summed E-state index contributed by atoms with van der Waals surface area (Å²) in [4.78, 5) is 16.9. The van der Waals surface area contributed by atoms with E-state index in [1.807, 2.05) is 37.3 Å². The number of nitrogens with one attached hydrogen (secondary N) is 1. The van der Waals surface area contributed by atoms with E-state index in [-0.39, 0.29) is 5.97 Å². The molecule has 0 aliphatic heterocycles. The van der Waals surface area contributed by atoms with Crippen LogP contribution < -0.4 is 5.32 Å². The third kappa shape index (κ3) is 3.20. The van der Waals surface area contributed by atoms with Crippen molar-refractivity contribution in [2.24, 2.45) is 0 Å². The Labute approximate surface area is 147 Å². The van der Waals surface area contributed by atoms with Crippen molar-refractivity contribution in [3.8, 4) is 0 Å². The Bertz CT molecular complexity index is 948. The predicted octanol–water partition coefficient (Wildman–Crippen LogP) is 5.08. The fraction of sp³-hybridized carbons (Fsp3) is 0.238. The Morgan fingerprint density at radius 2 is 1.80 bits per heavy atom. The molecule has 0 aliphatic carbocycles. The standard InChI is InChI=1S/C21H22N2O2/c1-5-25-21(24)17-12-22-19-14(3)9-6-10-16(19)20(17)23-18-11-7-8-13(2)15(18)4/h6-12H,5H2,1-4H3,(H,22,23). The van der Waals surface area contributed by atoms with E-state index in [2.05, 4.69) is 30.2 Å². The first-order valence-corrected chi connectivity index (χ1v) is 8.41. The maximum atomic E-state index is 12.4. The topological polar surface area (TPSA) is 51.2 Å². The zero-order valence-corrected chi connectivity index (χ0v) is 15.0. The minimum Gasteiger partial charge on any atom is -0.462 e. The molecule has 0 aliphatic rings. The number of carbonyl (C=O) groups excluding carboxylic acids is 1. The van der Waals surface area contributed by atoms with E-state index in [0.717, 1.165) is 33.4 Å². The molecule has 25 heavy (non-hydrogen) atoms. The molecule has 0 spiro atoms. The van der Waals surface area contributed by atoms with E-state index in [9.17, 15) is 4.79 Å². The molecule has 0 unspecified atom stereocenters. The lowest BCUT2D eigenvalue weighted by Crippen LogP contribution is -2.10. The van der Waals surface area contributed by atoms with Crippen molar-refractivity contribution in [2.75, 3.05) is 11.9 Å². The van der Waals surface area contributed by atoms with Crippen molar-refractivity contribution in [3.05, 3.63) is 64.8 Å². The molecule has 4 nitrogen and oxygen atoms in total. The van der Waals surface area contributed by atoms with Gasteiger partial charge in [-0.05, 0) is 50.5 Å². The molecule has 0 saturated carbocycles. The summed E-state index contributed by atoms with van der Waals surface area (Å²) >= 11 is 0. The van der Waals surface area contributed by atoms with Gasteiger partial charge >= 0.3 is 5.97 Å². The number of pyridine rings is 1. The van der Waals surface area contributed by atoms with Crippen molar-refractivity contribution < 1.29 is 9.53 Å². The molecule has 0 radical (unpaired) electrons. The Morgan fingerprint density at radius 3 is 2.56 bits per heavy atom. The number of fused-ring (bicyclic) bond motifs is 1. The smallest absolute Gasteiger partial charge is 0.341 e. The molecule has 0 fully saturated rings. The molecule has 0 bridgehead atoms. The second-order valence-electron chi connectivity index (χ2n) is 6.11. The van der Waals surface area contributed by atoms with Gasteiger partial charge in [-0.3, -0.25) is 4.98 Å². The lowest BCUT2D eigenvalue weighted by Gasteiger charge is -2.17. The van der Waals surface area contributed by atoms with E-state index < -0.39 is 0 Å². The number of rotatable bonds is 4. The SMILES string of the molecule is CCOC(=O)c1cnc2c(C)cccc2c1Nc1cccc(C)c1C. The van der Waals surface area contributed by atoms with Gasteiger partial charge in [-0.25, -0.2) is 4.79 Å². The van der Waals surface area contributed by atoms with Gasteiger partial charge in [-0.2, -0.15) is 0 Å². The molecule has 0 amide bonds. The van der Waals surface area contributed by atoms with Crippen molar-refractivity contribution in [1.82, 2.24) is 4.98 Å². The average Bonchev–Trinajstić information content (AvgIpc) is 2.60. The number of anilines is 2. The first-order chi connectivity index (χ1) is 12.0. The van der Waals surface area contributed by atoms with Gasteiger partial charge in [0.15, 0.2) is 0 Å². The van der Waals surface area contributed by atoms with Gasteiger partial charge in [0, 0.05) is 17.3 Å². The number of esters is 1. The van der Waals surface area contributed by atoms with Gasteiger partial charge in [0.25, 0.3) is 0 Å². The quantitative estimate of drug-likeness (QED) is 0.676. The number of para-hydroxylation sites is 1. The van der Waals surface area contributed by atoms with Gasteiger partial charge in [-0.15, -0.1) is 0 Å². The van der Waals surface area contributed by atoms with Crippen LogP contribution in [0.2, 0.25) is 0 Å². The number of carbonyl (C=O) groups is 1. The normalized spacial score (nSPS) is 10.7. The molecule has 0 atom stereocenters. The summed E-state index contributed by atoms with van der Waals surface area (Å²) in [6, 6.07) is 12.1. The number of aryl methyl sites for hydroxylation is 2. The van der Waals surface area contributed by atoms with Crippen molar-refractivity contribution >= 4 is 28.2 Å². The summed E-state index contributed by atoms with van der Waals surface area (Å²) in [5.41, 5.74) is 6.44. The maximum Gasteiger partial charge on any atom is 0.341 e. The number of hydrogen-bond donors (Lipinski definition) is 1. The second kappa shape index (κ2) is 6.93. The molecule has 2 aromatic carbocycles. The second-order valence-corrected chi connectivity index (χ2v) is 6.11. The van der Waals surface area contributed by atoms with E-state index >= 15 is 0 Å². The Hall–Kier alpha value is -2.88. The summed E-state index contributed by atoms with van der Waals surface area (Å²) in [7, 11) is 0. The fourth-order valence-electron chi connectivity index (χ4n) is 2.89. The molecular formula is C21H22N2O2. The number of benzene rings is 2. The van der Waals surface area contributed by atoms with Gasteiger partial charge in [-0.1, -0.05) is 30.3 Å². The van der Waals surface area contributed by atoms with Gasteiger partial charge < -0.3 is 10.1 Å². The highest BCUT2D eigenvalue weighted by molar-refractivity contribution is 6.06. The average molecular weight is 334 g/mol. The highest BCUT2D eigenvalue weighted by Gasteiger charge is 2.18. The molecule has 0 saturated heterocycles. The third-order valence-corrected chi connectivity index (χ3v) is 4.46. The monoisotopic (exact) mass is 334 g/mol. The third-order valence-electron chi connectivity index (χ3n) is 4.46. The predicted molar refractivity (Wildman–Crippen MR) is 102 cm³/mol. The molecule has 1 N–H and O–H groups in total. The van der Waals surface area contributed by atoms with E-state index in [1.54, 1.807) is 13.1 Å². The molecule has 4 heteroatoms. The van der Waals surface area contributed by atoms with Crippen LogP contribution in [0.3, 0.4) is 0 Å². The number of nitrogens with zero attached hydrogens (tertiary/aromatic N) is 1. The highest BCUT2D eigenvalue weighted by Crippen LogP contribution is 2.32. The Kier molecular flexibility index (Phi) is 4.70. The largest absolute Gasteiger partial charge is 0.462 e. The van der Waals surface area contributed by atoms with Crippen LogP contribution in [0, 0.1) is 20.8 Å². The zero-order valence-electron chi connectivity index (χ0n) is 15.0. The van der Waals surface area contributed by atoms with Crippen LogP contribution in [0.4, 0.5) is 11.4 Å². The van der Waals surface area contributed by atoms with Gasteiger partial charge in [0.05, 0.1) is 17.8 Å². The van der Waals surface area contributed by atoms with Crippen LogP contribution in [0.1, 0.15) is 34.0 Å². The van der Waals surface area contributed by atoms with Crippen LogP contribution in [0.5, 0.6) is 0 Å². The summed E-state index contributed by atoms with van der Waals surface area (Å²) in [5, 5.41) is 4.36. The number of hydrogen-bond acceptors (Lipinski definition) is 4. The van der Waals surface area contributed by atoms with Crippen LogP contribution in [0.15, 0.2) is 42.6 Å². The summed E-state index contributed by atoms with van der Waals surface area (Å²) in [6.45, 7) is 8.28. The lowest BCUT2D eigenvalue weighted by atomic mass is 10.0. The van der Waals surface area contributed by atoms with Crippen LogP contribution in [-0.4, -0.2) is 17.6 Å². The molecule has 1 aromatic heterocycles.